The molecule has 0 saturated carbocycles. The van der Waals surface area contributed by atoms with Crippen LogP contribution in [0.5, 0.6) is 0 Å². The van der Waals surface area contributed by atoms with Gasteiger partial charge in [0.15, 0.2) is 22.3 Å². The molecule has 78 heavy (non-hydrogen) atoms. The number of benzene rings is 12. The van der Waals surface area contributed by atoms with Crippen LogP contribution < -0.4 is 0 Å². The van der Waals surface area contributed by atoms with Gasteiger partial charge in [0.25, 0.3) is 0 Å². The lowest BCUT2D eigenvalue weighted by Crippen LogP contribution is -2.00. The highest BCUT2D eigenvalue weighted by Gasteiger charge is 2.21. The fourth-order valence-electron chi connectivity index (χ4n) is 12.9. The molecule has 0 aliphatic rings. The quantitative estimate of drug-likeness (QED) is 0.165. The Balaban J connectivity index is 1.12. The lowest BCUT2D eigenvalue weighted by Gasteiger charge is -2.19. The van der Waals surface area contributed by atoms with Crippen LogP contribution in [-0.2, 0) is 0 Å². The lowest BCUT2D eigenvalue weighted by molar-refractivity contribution is 0.653. The van der Waals surface area contributed by atoms with E-state index in [1.807, 2.05) is 0 Å². The predicted molar refractivity (Wildman–Crippen MR) is 325 cm³/mol. The normalized spacial score (nSPS) is 12.1. The largest absolute Gasteiger partial charge is 0.453 e. The van der Waals surface area contributed by atoms with Crippen LogP contribution in [0, 0.1) is 0 Å². The highest BCUT2D eigenvalue weighted by Crippen LogP contribution is 2.44. The molecule has 17 rings (SSSR count). The first-order valence-electron chi connectivity index (χ1n) is 26.6. The number of hydrogen-bond donors (Lipinski definition) is 0. The Morgan fingerprint density at radius 1 is 0.167 bits per heavy atom. The molecule has 0 bridgehead atoms. The highest BCUT2D eigenvalue weighted by molar-refractivity contribution is 6.29. The summed E-state index contributed by atoms with van der Waals surface area (Å²) in [4.78, 5) is 0. The molecule has 0 saturated heterocycles. The molecule has 0 amide bonds. The van der Waals surface area contributed by atoms with Gasteiger partial charge in [-0.1, -0.05) is 146 Å². The molecular weight excluding hydrogens is 953 g/mol. The van der Waals surface area contributed by atoms with Crippen LogP contribution in [0.4, 0.5) is 0 Å². The minimum Gasteiger partial charge on any atom is -0.453 e. The molecule has 0 radical (unpaired) electrons. The second kappa shape index (κ2) is 16.5. The van der Waals surface area contributed by atoms with Crippen LogP contribution in [0.3, 0.4) is 0 Å². The van der Waals surface area contributed by atoms with E-state index in [1.165, 1.54) is 21.5 Å². The molecular formula is C72H44N4O2. The molecule has 13 aromatic carbocycles. The summed E-state index contributed by atoms with van der Waals surface area (Å²) in [5, 5.41) is 13.5. The Bertz CT molecular complexity index is 5000. The summed E-state index contributed by atoms with van der Waals surface area (Å²) in [7, 11) is 0. The summed E-state index contributed by atoms with van der Waals surface area (Å²) in [6, 6.07) is 96.5. The van der Waals surface area contributed by atoms with E-state index in [0.29, 0.717) is 0 Å². The molecule has 0 spiro atoms. The first-order valence-corrected chi connectivity index (χ1v) is 26.6. The van der Waals surface area contributed by atoms with Gasteiger partial charge >= 0.3 is 0 Å². The standard InChI is InChI=1S/C72H44N4O2/c1-3-19-45(20-4-1)73-65-31-15-17-33-69(65)77-71-43-59-50-38-36-48(76-63-29-13-9-25-53(63)54-26-10-14-30-64(54)76)40-56(50)58-42-68-72(78-70-34-18-16-32-66(70)74(68)46-21-5-2-6-22-46)44-60(58)49-37-35-47(39-55(49)57(59)41-67(71)73)75-61-27-11-7-23-51(61)52-24-8-12-28-62(52)75/h1-44H. The fourth-order valence-corrected chi connectivity index (χ4v) is 12.9. The number of fused-ring (bicyclic) bond motifs is 18. The van der Waals surface area contributed by atoms with E-state index < -0.39 is 0 Å². The van der Waals surface area contributed by atoms with Gasteiger partial charge in [0.1, 0.15) is 0 Å². The molecule has 6 heteroatoms. The maximum Gasteiger partial charge on any atom is 0.152 e. The highest BCUT2D eigenvalue weighted by atomic mass is 16.3. The van der Waals surface area contributed by atoms with Crippen molar-refractivity contribution in [3.05, 3.63) is 267 Å². The van der Waals surface area contributed by atoms with Gasteiger partial charge in [-0.25, -0.2) is 0 Å². The summed E-state index contributed by atoms with van der Waals surface area (Å²) >= 11 is 0. The topological polar surface area (TPSA) is 46.0 Å². The van der Waals surface area contributed by atoms with Crippen molar-refractivity contribution in [2.75, 3.05) is 0 Å². The Hall–Kier alpha value is -10.6. The number of nitrogens with zero attached hydrogens (tertiary/aromatic N) is 4. The average Bonchev–Trinajstić information content (AvgIpc) is 4.17. The number of rotatable bonds is 4. The van der Waals surface area contributed by atoms with Gasteiger partial charge in [0.2, 0.25) is 0 Å². The molecule has 0 aliphatic carbocycles. The van der Waals surface area contributed by atoms with Crippen LogP contribution >= 0.6 is 0 Å². The third-order valence-corrected chi connectivity index (χ3v) is 16.2. The average molecular weight is 997 g/mol. The molecule has 4 heterocycles. The van der Waals surface area contributed by atoms with E-state index in [2.05, 4.69) is 285 Å². The minimum atomic E-state index is 0.778. The number of hydrogen-bond acceptors (Lipinski definition) is 2. The van der Waals surface area contributed by atoms with Crippen molar-refractivity contribution in [3.63, 3.8) is 0 Å². The molecule has 0 fully saturated rings. The van der Waals surface area contributed by atoms with E-state index in [9.17, 15) is 0 Å². The monoisotopic (exact) mass is 996 g/mol. The van der Waals surface area contributed by atoms with Crippen LogP contribution in [0.25, 0.3) is 154 Å². The zero-order valence-electron chi connectivity index (χ0n) is 42.0. The van der Waals surface area contributed by atoms with Gasteiger partial charge in [-0.15, -0.1) is 0 Å². The molecule has 17 aromatic rings. The third-order valence-electron chi connectivity index (χ3n) is 16.2. The second-order valence-electron chi connectivity index (χ2n) is 20.4. The van der Waals surface area contributed by atoms with Crippen molar-refractivity contribution in [2.24, 2.45) is 0 Å². The van der Waals surface area contributed by atoms with Crippen LogP contribution in [0.2, 0.25) is 0 Å². The Labute approximate surface area is 445 Å². The summed E-state index contributed by atoms with van der Waals surface area (Å²) in [6.07, 6.45) is 0. The number of aromatic nitrogens is 4. The molecule has 0 atom stereocenters. The lowest BCUT2D eigenvalue weighted by atomic mass is 9.93. The second-order valence-corrected chi connectivity index (χ2v) is 20.4. The smallest absolute Gasteiger partial charge is 0.152 e. The van der Waals surface area contributed by atoms with Gasteiger partial charge in [-0.3, -0.25) is 0 Å². The molecule has 364 valence electrons. The zero-order chi connectivity index (χ0) is 51.0. The number of para-hydroxylation sites is 10. The Kier molecular flexibility index (Phi) is 9.03. The zero-order valence-corrected chi connectivity index (χ0v) is 42.0. The van der Waals surface area contributed by atoms with Crippen molar-refractivity contribution in [3.8, 4) is 22.7 Å². The molecule has 6 nitrogen and oxygen atoms in total. The Morgan fingerprint density at radius 2 is 0.462 bits per heavy atom. The predicted octanol–water partition coefficient (Wildman–Crippen LogP) is 19.6. The van der Waals surface area contributed by atoms with Crippen molar-refractivity contribution in [2.45, 2.75) is 0 Å². The summed E-state index contributed by atoms with van der Waals surface area (Å²) < 4.78 is 23.7. The van der Waals surface area contributed by atoms with Crippen molar-refractivity contribution in [1.82, 2.24) is 18.3 Å². The van der Waals surface area contributed by atoms with Gasteiger partial charge < -0.3 is 27.1 Å². The van der Waals surface area contributed by atoms with Crippen LogP contribution in [0.15, 0.2) is 276 Å². The SMILES string of the molecule is c1ccc(-n2c3ccccc3oc3cc4c5ccc(-n6c7ccccc7c7ccccc76)cc5c5cc6c(cc5c5ccc(-n7c8ccccc8c8ccccc87)cc5c4cc32)oc2ccccc2n6-c2ccccc2)cc1. The van der Waals surface area contributed by atoms with Gasteiger partial charge in [-0.2, -0.15) is 0 Å². The van der Waals surface area contributed by atoms with Gasteiger partial charge in [-0.05, 0) is 164 Å². The minimum absolute atomic E-state index is 0.778. The molecule has 0 unspecified atom stereocenters. The van der Waals surface area contributed by atoms with Gasteiger partial charge in [0.05, 0.1) is 44.1 Å². The van der Waals surface area contributed by atoms with Gasteiger partial charge in [0, 0.05) is 44.3 Å². The summed E-state index contributed by atoms with van der Waals surface area (Å²) in [6.45, 7) is 0. The Morgan fingerprint density at radius 3 is 0.846 bits per heavy atom. The van der Waals surface area contributed by atoms with E-state index in [0.717, 1.165) is 132 Å². The summed E-state index contributed by atoms with van der Waals surface area (Å²) in [5.41, 5.74) is 15.9. The molecule has 4 aromatic heterocycles. The third kappa shape index (κ3) is 6.19. The first-order chi connectivity index (χ1) is 38.7. The van der Waals surface area contributed by atoms with Crippen molar-refractivity contribution >= 4 is 131 Å². The summed E-state index contributed by atoms with van der Waals surface area (Å²) in [5.74, 6) is 0. The van der Waals surface area contributed by atoms with E-state index in [4.69, 9.17) is 8.83 Å². The van der Waals surface area contributed by atoms with Crippen molar-refractivity contribution in [1.29, 1.82) is 0 Å². The molecule has 0 N–H and O–H groups in total. The molecule has 0 aliphatic heterocycles. The van der Waals surface area contributed by atoms with E-state index in [1.54, 1.807) is 0 Å². The maximum atomic E-state index is 7.10. The van der Waals surface area contributed by atoms with Crippen LogP contribution in [-0.4, -0.2) is 18.3 Å². The van der Waals surface area contributed by atoms with Crippen molar-refractivity contribution < 1.29 is 8.83 Å². The first kappa shape index (κ1) is 42.8. The van der Waals surface area contributed by atoms with E-state index in [-0.39, 0.29) is 0 Å². The van der Waals surface area contributed by atoms with E-state index >= 15 is 0 Å². The fraction of sp³-hybridized carbons (Fsp3) is 0. The van der Waals surface area contributed by atoms with Crippen LogP contribution in [0.1, 0.15) is 0 Å². The maximum absolute atomic E-state index is 7.10.